The van der Waals surface area contributed by atoms with Gasteiger partial charge in [-0.25, -0.2) is 81.1 Å². The van der Waals surface area contributed by atoms with Crippen LogP contribution in [-0.2, 0) is 75.1 Å². The Bertz CT molecular complexity index is 5410. The smallest absolute Gasteiger partial charge is 0.416 e. The molecule has 15 nitrogen and oxygen atoms in total. The molecule has 11 rings (SSSR count). The molecule has 8 aromatic carbocycles. The maximum absolute atomic E-state index is 14.1. The van der Waals surface area contributed by atoms with Gasteiger partial charge in [-0.15, -0.1) is 0 Å². The van der Waals surface area contributed by atoms with Crippen molar-refractivity contribution in [1.29, 1.82) is 0 Å². The molecule has 0 amide bonds. The van der Waals surface area contributed by atoms with Crippen molar-refractivity contribution in [2.24, 2.45) is 0 Å². The van der Waals surface area contributed by atoms with Crippen LogP contribution < -0.4 is 30.2 Å². The summed E-state index contributed by atoms with van der Waals surface area (Å²) in [6.45, 7) is -2.50. The van der Waals surface area contributed by atoms with E-state index in [0.29, 0.717) is 88.1 Å². The van der Waals surface area contributed by atoms with E-state index in [-0.39, 0.29) is 64.7 Å². The molecular weight excluding hydrogens is 1570 g/mol. The number of benzene rings is 8. The van der Waals surface area contributed by atoms with Crippen molar-refractivity contribution in [1.82, 2.24) is 27.9 Å². The lowest BCUT2D eigenvalue weighted by Crippen LogP contribution is -2.33. The number of nitrogens with zero attached hydrogens (tertiary/aromatic N) is 3. The summed E-state index contributed by atoms with van der Waals surface area (Å²) in [5.74, 6) is -15.4. The van der Waals surface area contributed by atoms with Crippen LogP contribution in [0.15, 0.2) is 204 Å². The predicted octanol–water partition coefficient (Wildman–Crippen LogP) is 16.6. The van der Waals surface area contributed by atoms with Crippen LogP contribution in [0.1, 0.15) is 38.9 Å². The first-order valence-corrected chi connectivity index (χ1v) is 37.6. The Morgan fingerprint density at radius 2 is 0.676 bits per heavy atom. The Labute approximate surface area is 622 Å². The molecule has 0 unspecified atom stereocenters. The summed E-state index contributed by atoms with van der Waals surface area (Å²) in [7, 11) is -12.3. The fourth-order valence-electron chi connectivity index (χ4n) is 11.0. The molecule has 0 spiro atoms. The summed E-state index contributed by atoms with van der Waals surface area (Å²) in [4.78, 5) is -0.900. The number of aromatic nitrogens is 3. The number of fused-ring (bicyclic) bond motifs is 3. The van der Waals surface area contributed by atoms with E-state index < -0.39 is 127 Å². The minimum absolute atomic E-state index is 0.0114. The van der Waals surface area contributed by atoms with Crippen molar-refractivity contribution in [2.45, 2.75) is 91.9 Å². The third-order valence-electron chi connectivity index (χ3n) is 16.5. The summed E-state index contributed by atoms with van der Waals surface area (Å²) < 4.78 is 341. The van der Waals surface area contributed by atoms with Crippen molar-refractivity contribution in [2.75, 3.05) is 45.7 Å². The van der Waals surface area contributed by atoms with E-state index in [9.17, 15) is 109 Å². The highest BCUT2D eigenvalue weighted by Gasteiger charge is 2.44. The molecule has 3 N–H and O–H groups in total. The first kappa shape index (κ1) is 85.2. The molecular formula is C74H65F19N6O9S3. The molecule has 0 saturated heterocycles. The summed E-state index contributed by atoms with van der Waals surface area (Å²) >= 11 is 0. The molecule has 11 aromatic rings. The lowest BCUT2D eigenvalue weighted by Gasteiger charge is -2.16. The molecule has 0 atom stereocenters. The van der Waals surface area contributed by atoms with Gasteiger partial charge in [-0.3, -0.25) is 0 Å². The van der Waals surface area contributed by atoms with Gasteiger partial charge in [0.1, 0.15) is 40.5 Å². The fourth-order valence-corrected chi connectivity index (χ4v) is 14.7. The molecule has 0 aliphatic heterocycles. The topological polar surface area (TPSA) is 181 Å². The summed E-state index contributed by atoms with van der Waals surface area (Å²) in [6.07, 6.45) is -10.2. The van der Waals surface area contributed by atoms with E-state index in [0.717, 1.165) is 72.8 Å². The summed E-state index contributed by atoms with van der Waals surface area (Å²) in [5, 5.41) is 10.8. The van der Waals surface area contributed by atoms with Crippen LogP contribution in [0.2, 0.25) is 0 Å². The quantitative estimate of drug-likeness (QED) is 0.0269. The highest BCUT2D eigenvalue weighted by atomic mass is 32.2. The van der Waals surface area contributed by atoms with Gasteiger partial charge < -0.3 is 30.2 Å². The molecule has 0 bridgehead atoms. The summed E-state index contributed by atoms with van der Waals surface area (Å²) in [6, 6.07) is 37.0. The zero-order chi connectivity index (χ0) is 81.0. The summed E-state index contributed by atoms with van der Waals surface area (Å²) in [5.41, 5.74) is 2.84. The average molecular weight is 1640 g/mol. The lowest BCUT2D eigenvalue weighted by molar-refractivity contribution is -0.148. The SMILES string of the molecule is CS(=O)(=O)n1cc(CCNCc2cccc(OCC(F)(F)C(F)F)c2)c2ccc(F)cc21.O=S(=O)(c1cccc(C(F)(F)F)c1)n1cc(CCNCc2cccc(OCC(F)(F)C(F)F)c2)c2ccc(F)cc21.O=S(=O)(c1cccc(F)c1)n1cc(CCNCc2cccc(OCC(F)(F)C(F)F)c2)c2ccc(F)cc21. The van der Waals surface area contributed by atoms with E-state index in [1.54, 1.807) is 24.3 Å². The van der Waals surface area contributed by atoms with Crippen LogP contribution in [0.3, 0.4) is 0 Å². The Morgan fingerprint density at radius 1 is 0.369 bits per heavy atom. The third kappa shape index (κ3) is 22.3. The number of hydrogen-bond donors (Lipinski definition) is 3. The molecule has 3 heterocycles. The minimum atomic E-state index is -4.77. The van der Waals surface area contributed by atoms with Gasteiger partial charge in [-0.1, -0.05) is 48.5 Å². The Kier molecular flexibility index (Phi) is 27.4. The highest BCUT2D eigenvalue weighted by Crippen LogP contribution is 2.35. The van der Waals surface area contributed by atoms with Crippen LogP contribution in [0.4, 0.5) is 83.4 Å². The number of ether oxygens (including phenoxy) is 3. The predicted molar refractivity (Wildman–Crippen MR) is 374 cm³/mol. The minimum Gasteiger partial charge on any atom is -0.487 e. The Morgan fingerprint density at radius 3 is 1.00 bits per heavy atom. The van der Waals surface area contributed by atoms with Gasteiger partial charge in [0, 0.05) is 54.4 Å². The van der Waals surface area contributed by atoms with E-state index >= 15 is 0 Å². The van der Waals surface area contributed by atoms with E-state index in [1.807, 2.05) is 0 Å². The molecule has 0 aliphatic carbocycles. The van der Waals surface area contributed by atoms with Gasteiger partial charge in [0.05, 0.1) is 38.2 Å². The van der Waals surface area contributed by atoms with Gasteiger partial charge in [0.2, 0.25) is 10.0 Å². The van der Waals surface area contributed by atoms with Crippen LogP contribution in [0.5, 0.6) is 17.2 Å². The first-order valence-electron chi connectivity index (χ1n) is 32.9. The molecule has 0 radical (unpaired) electrons. The number of rotatable bonds is 32. The van der Waals surface area contributed by atoms with E-state index in [4.69, 9.17) is 14.2 Å². The van der Waals surface area contributed by atoms with Gasteiger partial charge in [-0.2, -0.15) is 39.5 Å². The van der Waals surface area contributed by atoms with Gasteiger partial charge in [-0.05, 0) is 200 Å². The van der Waals surface area contributed by atoms with Crippen molar-refractivity contribution in [3.8, 4) is 17.2 Å². The maximum atomic E-state index is 14.1. The van der Waals surface area contributed by atoms with E-state index in [1.165, 1.54) is 110 Å². The first-order chi connectivity index (χ1) is 52.1. The Hall–Kier alpha value is -9.82. The standard InChI is InChI=1S/C27H22F8N2O3S.C26H22F6N2O3S.C21H21F5N2O3S/c28-20-7-8-23-18(9-10-36-14-17-3-1-5-21(11-17)40-16-26(31,32)25(29)30)15-37(24(23)13-20)41(38,39)22-6-2-4-19(12-22)27(33,34)35;27-19-4-2-6-22(12-19)38(35,36)34-15-18(23-8-7-20(28)13-24(23)34)9-10-33-14-17-3-1-5-21(11-17)37-16-26(31,32)25(29)30;1-32(29,30)28-12-15(18-6-5-16(22)10-19(18)28)7-8-27-11-14-3-2-4-17(9-14)31-13-21(25,26)20(23)24/h1-8,11-13,15,25,36H,9-10,14,16H2;1-8,11-13,15,25,33H,9-10,14,16H2;2-6,9-10,12,20,27H,7-8,11,13H2,1H3. The highest BCUT2D eigenvalue weighted by molar-refractivity contribution is 7.90. The van der Waals surface area contributed by atoms with Gasteiger partial charge >= 0.3 is 43.2 Å². The van der Waals surface area contributed by atoms with Crippen molar-refractivity contribution < 1.29 is 123 Å². The van der Waals surface area contributed by atoms with Crippen LogP contribution in [0.25, 0.3) is 32.7 Å². The molecule has 0 aliphatic rings. The lowest BCUT2D eigenvalue weighted by atomic mass is 10.1. The zero-order valence-electron chi connectivity index (χ0n) is 57.6. The van der Waals surface area contributed by atoms with Crippen molar-refractivity contribution >= 4 is 62.8 Å². The second-order valence-corrected chi connectivity index (χ2v) is 30.4. The molecule has 111 heavy (non-hydrogen) atoms. The monoisotopic (exact) mass is 1640 g/mol. The van der Waals surface area contributed by atoms with Gasteiger partial charge in [0.15, 0.2) is 19.8 Å². The van der Waals surface area contributed by atoms with Crippen molar-refractivity contribution in [3.63, 3.8) is 0 Å². The van der Waals surface area contributed by atoms with Crippen LogP contribution >= 0.6 is 0 Å². The molecule has 0 saturated carbocycles. The van der Waals surface area contributed by atoms with Gasteiger partial charge in [0.25, 0.3) is 20.0 Å². The number of halogens is 19. The molecule has 3 aromatic heterocycles. The average Bonchev–Trinajstić information content (AvgIpc) is 1.62. The number of nitrogens with one attached hydrogen (secondary N) is 3. The normalized spacial score (nSPS) is 12.6. The molecule has 596 valence electrons. The number of hydrogen-bond acceptors (Lipinski definition) is 12. The zero-order valence-corrected chi connectivity index (χ0v) is 60.1. The van der Waals surface area contributed by atoms with E-state index in [2.05, 4.69) is 16.0 Å². The fraction of sp³-hybridized carbons (Fsp3) is 0.270. The van der Waals surface area contributed by atoms with Crippen LogP contribution in [-0.4, -0.2) is 120 Å². The largest absolute Gasteiger partial charge is 0.487 e. The molecule has 0 fully saturated rings. The van der Waals surface area contributed by atoms with Crippen molar-refractivity contribution in [3.05, 3.63) is 257 Å². The maximum Gasteiger partial charge on any atom is 0.416 e. The Balaban J connectivity index is 0.000000193. The molecule has 37 heteroatoms. The number of alkyl halides is 15. The van der Waals surface area contributed by atoms with Crippen LogP contribution in [0, 0.1) is 23.3 Å². The third-order valence-corrected chi connectivity index (χ3v) is 20.9. The second-order valence-electron chi connectivity index (χ2n) is 24.9. The second kappa shape index (κ2) is 35.7.